The average molecular weight is 303 g/mol. The van der Waals surface area contributed by atoms with E-state index in [1.54, 1.807) is 18.4 Å². The van der Waals surface area contributed by atoms with Crippen LogP contribution in [0.1, 0.15) is 35.4 Å². The molecule has 0 saturated heterocycles. The van der Waals surface area contributed by atoms with E-state index >= 15 is 0 Å². The Bertz CT molecular complexity index is 596. The number of methoxy groups -OCH3 is 1. The minimum atomic E-state index is 0.150. The lowest BCUT2D eigenvalue weighted by molar-refractivity contribution is 0.0388. The fourth-order valence-electron chi connectivity index (χ4n) is 3.10. The minimum absolute atomic E-state index is 0.150. The van der Waals surface area contributed by atoms with Gasteiger partial charge in [0.2, 0.25) is 0 Å². The van der Waals surface area contributed by atoms with Gasteiger partial charge in [0.1, 0.15) is 0 Å². The highest BCUT2D eigenvalue weighted by atomic mass is 32.1. The molecule has 2 aromatic rings. The molecule has 1 aliphatic carbocycles. The van der Waals surface area contributed by atoms with Crippen molar-refractivity contribution in [2.24, 2.45) is 0 Å². The molecule has 1 saturated carbocycles. The van der Waals surface area contributed by atoms with Gasteiger partial charge in [-0.3, -0.25) is 4.79 Å². The van der Waals surface area contributed by atoms with Crippen molar-refractivity contribution in [3.63, 3.8) is 0 Å². The van der Waals surface area contributed by atoms with Crippen LogP contribution in [0.15, 0.2) is 30.3 Å². The number of benzene rings is 1. The van der Waals surface area contributed by atoms with Crippen LogP contribution >= 0.6 is 11.3 Å². The highest BCUT2D eigenvalue weighted by Crippen LogP contribution is 2.29. The van der Waals surface area contributed by atoms with Crippen LogP contribution in [0.25, 0.3) is 10.1 Å². The Hall–Kier alpha value is -1.39. The third-order valence-corrected chi connectivity index (χ3v) is 5.59. The van der Waals surface area contributed by atoms with E-state index in [1.165, 1.54) is 4.70 Å². The summed E-state index contributed by atoms with van der Waals surface area (Å²) in [6.07, 6.45) is 4.53. The lowest BCUT2D eigenvalue weighted by Gasteiger charge is -2.34. The van der Waals surface area contributed by atoms with E-state index in [9.17, 15) is 4.79 Å². The molecule has 0 bridgehead atoms. The van der Waals surface area contributed by atoms with Crippen molar-refractivity contribution in [1.29, 1.82) is 0 Å². The van der Waals surface area contributed by atoms with Crippen LogP contribution in [-0.4, -0.2) is 37.1 Å². The van der Waals surface area contributed by atoms with Crippen LogP contribution in [-0.2, 0) is 4.74 Å². The van der Waals surface area contributed by atoms with E-state index in [-0.39, 0.29) is 5.91 Å². The van der Waals surface area contributed by atoms with Gasteiger partial charge in [-0.05, 0) is 43.2 Å². The maximum atomic E-state index is 12.7. The molecule has 0 atom stereocenters. The van der Waals surface area contributed by atoms with Crippen molar-refractivity contribution in [3.05, 3.63) is 35.2 Å². The molecule has 1 heterocycles. The third-order valence-electron chi connectivity index (χ3n) is 4.48. The normalized spacial score (nSPS) is 22.4. The smallest absolute Gasteiger partial charge is 0.263 e. The number of amides is 1. The molecule has 1 aromatic heterocycles. The van der Waals surface area contributed by atoms with Crippen LogP contribution in [0.4, 0.5) is 0 Å². The molecular weight excluding hydrogens is 282 g/mol. The summed E-state index contributed by atoms with van der Waals surface area (Å²) < 4.78 is 6.58. The number of nitrogens with zero attached hydrogens (tertiary/aromatic N) is 1. The van der Waals surface area contributed by atoms with E-state index < -0.39 is 0 Å². The summed E-state index contributed by atoms with van der Waals surface area (Å²) in [5.74, 6) is 0.150. The van der Waals surface area contributed by atoms with Gasteiger partial charge in [0, 0.05) is 24.9 Å². The first-order valence-electron chi connectivity index (χ1n) is 7.47. The van der Waals surface area contributed by atoms with Crippen molar-refractivity contribution < 1.29 is 9.53 Å². The van der Waals surface area contributed by atoms with E-state index in [2.05, 4.69) is 12.1 Å². The summed E-state index contributed by atoms with van der Waals surface area (Å²) in [5, 5.41) is 1.15. The Morgan fingerprint density at radius 2 is 1.95 bits per heavy atom. The largest absolute Gasteiger partial charge is 0.381 e. The topological polar surface area (TPSA) is 29.5 Å². The Labute approximate surface area is 129 Å². The molecule has 1 aromatic carbocycles. The first-order chi connectivity index (χ1) is 10.2. The van der Waals surface area contributed by atoms with Crippen molar-refractivity contribution in [1.82, 2.24) is 4.90 Å². The molecule has 3 nitrogen and oxygen atoms in total. The molecule has 3 rings (SSSR count). The van der Waals surface area contributed by atoms with Gasteiger partial charge >= 0.3 is 0 Å². The molecule has 112 valence electrons. The SMILES string of the molecule is COC1CCC(N(C)C(=O)c2cc3ccccc3s2)CC1. The first kappa shape index (κ1) is 14.5. The lowest BCUT2D eigenvalue weighted by atomic mass is 9.92. The van der Waals surface area contributed by atoms with E-state index in [0.717, 1.165) is 35.9 Å². The number of carbonyl (C=O) groups is 1. The fraction of sp³-hybridized carbons (Fsp3) is 0.471. The van der Waals surface area contributed by atoms with Crippen molar-refractivity contribution in [2.45, 2.75) is 37.8 Å². The van der Waals surface area contributed by atoms with Crippen molar-refractivity contribution in [2.75, 3.05) is 14.2 Å². The van der Waals surface area contributed by atoms with Crippen LogP contribution < -0.4 is 0 Å². The molecule has 1 aliphatic rings. The first-order valence-corrected chi connectivity index (χ1v) is 8.29. The zero-order chi connectivity index (χ0) is 14.8. The highest BCUT2D eigenvalue weighted by Gasteiger charge is 2.27. The number of fused-ring (bicyclic) bond motifs is 1. The second-order valence-corrected chi connectivity index (χ2v) is 6.81. The predicted molar refractivity (Wildman–Crippen MR) is 87.0 cm³/mol. The van der Waals surface area contributed by atoms with Gasteiger partial charge in [0.25, 0.3) is 5.91 Å². The number of thiophene rings is 1. The van der Waals surface area contributed by atoms with E-state index in [1.807, 2.05) is 30.1 Å². The quantitative estimate of drug-likeness (QED) is 0.860. The summed E-state index contributed by atoms with van der Waals surface area (Å²) in [5.41, 5.74) is 0. The minimum Gasteiger partial charge on any atom is -0.381 e. The van der Waals surface area contributed by atoms with Crippen LogP contribution in [0.5, 0.6) is 0 Å². The molecule has 21 heavy (non-hydrogen) atoms. The van der Waals surface area contributed by atoms with E-state index in [0.29, 0.717) is 12.1 Å². The number of carbonyl (C=O) groups excluding carboxylic acids is 1. The lowest BCUT2D eigenvalue weighted by Crippen LogP contribution is -2.40. The number of ether oxygens (including phenoxy) is 1. The Kier molecular flexibility index (Phi) is 4.27. The molecular formula is C17H21NO2S. The molecule has 1 fully saturated rings. The van der Waals surface area contributed by atoms with Gasteiger partial charge in [-0.15, -0.1) is 11.3 Å². The average Bonchev–Trinajstić information content (AvgIpc) is 2.97. The second kappa shape index (κ2) is 6.16. The Morgan fingerprint density at radius 3 is 2.62 bits per heavy atom. The van der Waals surface area contributed by atoms with Gasteiger partial charge in [0.15, 0.2) is 0 Å². The van der Waals surface area contributed by atoms with Crippen LogP contribution in [0.3, 0.4) is 0 Å². The summed E-state index contributed by atoms with van der Waals surface area (Å²) in [6.45, 7) is 0. The molecule has 0 unspecified atom stereocenters. The molecule has 4 heteroatoms. The molecule has 1 amide bonds. The summed E-state index contributed by atoms with van der Waals surface area (Å²) in [7, 11) is 3.71. The fourth-order valence-corrected chi connectivity index (χ4v) is 4.14. The summed E-state index contributed by atoms with van der Waals surface area (Å²) in [4.78, 5) is 15.4. The Balaban J connectivity index is 1.72. The number of hydrogen-bond acceptors (Lipinski definition) is 3. The summed E-state index contributed by atoms with van der Waals surface area (Å²) in [6, 6.07) is 10.5. The third kappa shape index (κ3) is 2.97. The van der Waals surface area contributed by atoms with Gasteiger partial charge in [-0.25, -0.2) is 0 Å². The van der Waals surface area contributed by atoms with Crippen LogP contribution in [0, 0.1) is 0 Å². The number of rotatable bonds is 3. The maximum absolute atomic E-state index is 12.7. The van der Waals surface area contributed by atoms with Crippen molar-refractivity contribution in [3.8, 4) is 0 Å². The van der Waals surface area contributed by atoms with E-state index in [4.69, 9.17) is 4.74 Å². The molecule has 0 N–H and O–H groups in total. The zero-order valence-electron chi connectivity index (χ0n) is 12.5. The number of hydrogen-bond donors (Lipinski definition) is 0. The van der Waals surface area contributed by atoms with Gasteiger partial charge in [0.05, 0.1) is 11.0 Å². The Morgan fingerprint density at radius 1 is 1.24 bits per heavy atom. The monoisotopic (exact) mass is 303 g/mol. The molecule has 0 aliphatic heterocycles. The van der Waals surface area contributed by atoms with Gasteiger partial charge in [-0.1, -0.05) is 18.2 Å². The zero-order valence-corrected chi connectivity index (χ0v) is 13.4. The van der Waals surface area contributed by atoms with Crippen molar-refractivity contribution >= 4 is 27.3 Å². The summed E-state index contributed by atoms with van der Waals surface area (Å²) >= 11 is 1.59. The maximum Gasteiger partial charge on any atom is 0.263 e. The van der Waals surface area contributed by atoms with Gasteiger partial charge in [-0.2, -0.15) is 0 Å². The van der Waals surface area contributed by atoms with Crippen LogP contribution in [0.2, 0.25) is 0 Å². The highest BCUT2D eigenvalue weighted by molar-refractivity contribution is 7.20. The van der Waals surface area contributed by atoms with Gasteiger partial charge < -0.3 is 9.64 Å². The standard InChI is InChI=1S/C17H21NO2S/c1-18(13-7-9-14(20-2)10-8-13)17(19)16-11-12-5-3-4-6-15(12)21-16/h3-6,11,13-14H,7-10H2,1-2H3. The second-order valence-electron chi connectivity index (χ2n) is 5.73. The molecule has 0 spiro atoms. The molecule has 0 radical (unpaired) electrons. The predicted octanol–water partition coefficient (Wildman–Crippen LogP) is 3.93.